The summed E-state index contributed by atoms with van der Waals surface area (Å²) in [6.45, 7) is 6.63. The summed E-state index contributed by atoms with van der Waals surface area (Å²) in [5, 5.41) is 3.18. The maximum atomic E-state index is 11.7. The van der Waals surface area contributed by atoms with Crippen molar-refractivity contribution >= 4 is 5.97 Å². The number of nitrogens with one attached hydrogen (secondary N) is 1. The molecule has 5 nitrogen and oxygen atoms in total. The molecule has 1 aliphatic heterocycles. The topological polar surface area (TPSA) is 50.8 Å². The number of likely N-dealkylation sites (N-methyl/N-ethyl adjacent to an activating group) is 1. The first-order valence-corrected chi connectivity index (χ1v) is 6.70. The lowest BCUT2D eigenvalue weighted by molar-refractivity contribution is -0.144. The van der Waals surface area contributed by atoms with Crippen LogP contribution in [0.4, 0.5) is 0 Å². The van der Waals surface area contributed by atoms with Gasteiger partial charge in [-0.3, -0.25) is 9.69 Å². The predicted octanol–water partition coefficient (Wildman–Crippen LogP) is 0.637. The first-order valence-electron chi connectivity index (χ1n) is 6.70. The van der Waals surface area contributed by atoms with E-state index in [2.05, 4.69) is 17.1 Å². The van der Waals surface area contributed by atoms with Crippen molar-refractivity contribution in [1.82, 2.24) is 10.2 Å². The minimum Gasteiger partial charge on any atom is -0.468 e. The second kappa shape index (κ2) is 7.71. The van der Waals surface area contributed by atoms with Crippen LogP contribution in [0.25, 0.3) is 0 Å². The first kappa shape index (κ1) is 15.4. The molecule has 3 unspecified atom stereocenters. The van der Waals surface area contributed by atoms with Crippen LogP contribution in [-0.2, 0) is 14.3 Å². The highest BCUT2D eigenvalue weighted by Crippen LogP contribution is 2.19. The van der Waals surface area contributed by atoms with Crippen molar-refractivity contribution in [3.05, 3.63) is 0 Å². The average Bonchev–Trinajstić information content (AvgIpc) is 2.39. The van der Waals surface area contributed by atoms with E-state index in [1.807, 2.05) is 6.92 Å². The molecule has 0 aromatic rings. The van der Waals surface area contributed by atoms with E-state index < -0.39 is 0 Å². The largest absolute Gasteiger partial charge is 0.468 e. The van der Waals surface area contributed by atoms with Gasteiger partial charge in [-0.05, 0) is 26.3 Å². The summed E-state index contributed by atoms with van der Waals surface area (Å²) < 4.78 is 10.2. The number of likely N-dealkylation sites (tertiary alicyclic amines) is 1. The first-order chi connectivity index (χ1) is 8.62. The summed E-state index contributed by atoms with van der Waals surface area (Å²) in [4.78, 5) is 14.0. The quantitative estimate of drug-likeness (QED) is 0.708. The molecule has 0 aromatic carbocycles. The Hall–Kier alpha value is -0.650. The van der Waals surface area contributed by atoms with Crippen LogP contribution in [0.3, 0.4) is 0 Å². The van der Waals surface area contributed by atoms with Crippen LogP contribution >= 0.6 is 0 Å². The van der Waals surface area contributed by atoms with E-state index >= 15 is 0 Å². The molecule has 0 saturated carbocycles. The van der Waals surface area contributed by atoms with Gasteiger partial charge in [0.05, 0.1) is 13.2 Å². The number of ether oxygens (including phenoxy) is 2. The van der Waals surface area contributed by atoms with Crippen LogP contribution in [0, 0.1) is 0 Å². The molecule has 1 heterocycles. The second-order valence-corrected chi connectivity index (χ2v) is 4.86. The van der Waals surface area contributed by atoms with Crippen LogP contribution in [0.2, 0.25) is 0 Å². The SMILES string of the molecule is CCNC(CN1CCC(OC)CC1C)C(=O)OC. The number of carbonyl (C=O) groups is 1. The van der Waals surface area contributed by atoms with Gasteiger partial charge in [0.1, 0.15) is 6.04 Å². The van der Waals surface area contributed by atoms with Crippen LogP contribution in [0.5, 0.6) is 0 Å². The Bertz CT molecular complexity index is 261. The molecule has 0 aromatic heterocycles. The molecule has 5 heteroatoms. The van der Waals surface area contributed by atoms with Gasteiger partial charge in [-0.15, -0.1) is 0 Å². The maximum Gasteiger partial charge on any atom is 0.324 e. The minimum absolute atomic E-state index is 0.182. The summed E-state index contributed by atoms with van der Waals surface area (Å²) in [6.07, 6.45) is 2.41. The molecule has 0 radical (unpaired) electrons. The highest BCUT2D eigenvalue weighted by Gasteiger charge is 2.29. The average molecular weight is 258 g/mol. The van der Waals surface area contributed by atoms with Gasteiger partial charge in [0.15, 0.2) is 0 Å². The molecule has 1 saturated heterocycles. The van der Waals surface area contributed by atoms with E-state index in [0.717, 1.165) is 25.9 Å². The molecule has 1 N–H and O–H groups in total. The minimum atomic E-state index is -0.235. The zero-order valence-electron chi connectivity index (χ0n) is 11.9. The summed E-state index contributed by atoms with van der Waals surface area (Å²) in [7, 11) is 3.20. The van der Waals surface area contributed by atoms with Crippen molar-refractivity contribution in [3.8, 4) is 0 Å². The fourth-order valence-electron chi connectivity index (χ4n) is 2.51. The Morgan fingerprint density at radius 1 is 1.50 bits per heavy atom. The van der Waals surface area contributed by atoms with E-state index in [0.29, 0.717) is 18.7 Å². The van der Waals surface area contributed by atoms with Crippen molar-refractivity contribution in [2.24, 2.45) is 0 Å². The number of piperidine rings is 1. The molecular weight excluding hydrogens is 232 g/mol. The van der Waals surface area contributed by atoms with E-state index in [9.17, 15) is 4.79 Å². The molecule has 3 atom stereocenters. The predicted molar refractivity (Wildman–Crippen MR) is 70.5 cm³/mol. The zero-order valence-corrected chi connectivity index (χ0v) is 11.9. The number of hydrogen-bond donors (Lipinski definition) is 1. The van der Waals surface area contributed by atoms with Gasteiger partial charge in [0, 0.05) is 26.2 Å². The molecule has 0 spiro atoms. The van der Waals surface area contributed by atoms with Crippen LogP contribution < -0.4 is 5.32 Å². The lowest BCUT2D eigenvalue weighted by Crippen LogP contribution is -2.52. The zero-order chi connectivity index (χ0) is 13.5. The van der Waals surface area contributed by atoms with E-state index in [-0.39, 0.29) is 12.0 Å². The second-order valence-electron chi connectivity index (χ2n) is 4.86. The third-order valence-electron chi connectivity index (χ3n) is 3.65. The molecule has 0 bridgehead atoms. The van der Waals surface area contributed by atoms with Crippen molar-refractivity contribution < 1.29 is 14.3 Å². The number of rotatable bonds is 6. The lowest BCUT2D eigenvalue weighted by Gasteiger charge is -2.38. The lowest BCUT2D eigenvalue weighted by atomic mass is 10.00. The molecule has 0 aliphatic carbocycles. The Morgan fingerprint density at radius 2 is 2.22 bits per heavy atom. The van der Waals surface area contributed by atoms with Crippen molar-refractivity contribution in [2.45, 2.75) is 44.9 Å². The molecule has 0 amide bonds. The van der Waals surface area contributed by atoms with E-state index in [1.54, 1.807) is 7.11 Å². The van der Waals surface area contributed by atoms with Gasteiger partial charge in [-0.2, -0.15) is 0 Å². The fraction of sp³-hybridized carbons (Fsp3) is 0.923. The normalized spacial score (nSPS) is 26.9. The van der Waals surface area contributed by atoms with Crippen molar-refractivity contribution in [2.75, 3.05) is 33.9 Å². The summed E-state index contributed by atoms with van der Waals surface area (Å²) in [5.74, 6) is -0.182. The monoisotopic (exact) mass is 258 g/mol. The Labute approximate surface area is 110 Å². The third-order valence-corrected chi connectivity index (χ3v) is 3.65. The van der Waals surface area contributed by atoms with Gasteiger partial charge in [-0.1, -0.05) is 6.92 Å². The molecule has 1 fully saturated rings. The summed E-state index contributed by atoms with van der Waals surface area (Å²) in [5.41, 5.74) is 0. The maximum absolute atomic E-state index is 11.7. The van der Waals surface area contributed by atoms with Crippen LogP contribution in [0.1, 0.15) is 26.7 Å². The number of carbonyl (C=O) groups excluding carboxylic acids is 1. The number of nitrogens with zero attached hydrogens (tertiary/aromatic N) is 1. The van der Waals surface area contributed by atoms with E-state index in [4.69, 9.17) is 9.47 Å². The van der Waals surface area contributed by atoms with Crippen molar-refractivity contribution in [3.63, 3.8) is 0 Å². The number of esters is 1. The van der Waals surface area contributed by atoms with Crippen LogP contribution in [0.15, 0.2) is 0 Å². The van der Waals surface area contributed by atoms with Gasteiger partial charge in [0.2, 0.25) is 0 Å². The Morgan fingerprint density at radius 3 is 2.72 bits per heavy atom. The van der Waals surface area contributed by atoms with Gasteiger partial charge in [0.25, 0.3) is 0 Å². The number of hydrogen-bond acceptors (Lipinski definition) is 5. The highest BCUT2D eigenvalue weighted by molar-refractivity contribution is 5.75. The molecule has 18 heavy (non-hydrogen) atoms. The van der Waals surface area contributed by atoms with Crippen LogP contribution in [-0.4, -0.2) is 62.9 Å². The van der Waals surface area contributed by atoms with Gasteiger partial charge >= 0.3 is 5.97 Å². The molecule has 1 rings (SSSR count). The summed E-state index contributed by atoms with van der Waals surface area (Å²) in [6, 6.07) is 0.205. The highest BCUT2D eigenvalue weighted by atomic mass is 16.5. The number of methoxy groups -OCH3 is 2. The fourth-order valence-corrected chi connectivity index (χ4v) is 2.51. The van der Waals surface area contributed by atoms with Crippen molar-refractivity contribution in [1.29, 1.82) is 0 Å². The Balaban J connectivity index is 2.51. The standard InChI is InChI=1S/C13H26N2O3/c1-5-14-12(13(16)18-4)9-15-7-6-11(17-3)8-10(15)2/h10-12,14H,5-9H2,1-4H3. The van der Waals surface area contributed by atoms with E-state index in [1.165, 1.54) is 7.11 Å². The smallest absolute Gasteiger partial charge is 0.324 e. The molecule has 106 valence electrons. The molecule has 1 aliphatic rings. The summed E-state index contributed by atoms with van der Waals surface area (Å²) >= 11 is 0. The molecular formula is C13H26N2O3. The third kappa shape index (κ3) is 4.23. The van der Waals surface area contributed by atoms with Gasteiger partial charge in [-0.25, -0.2) is 0 Å². The Kier molecular flexibility index (Phi) is 6.60. The van der Waals surface area contributed by atoms with Gasteiger partial charge < -0.3 is 14.8 Å².